The summed E-state index contributed by atoms with van der Waals surface area (Å²) in [4.78, 5) is 14.7. The van der Waals surface area contributed by atoms with Crippen LogP contribution in [0.15, 0.2) is 18.2 Å². The van der Waals surface area contributed by atoms with Gasteiger partial charge in [-0.25, -0.2) is 0 Å². The van der Waals surface area contributed by atoms with E-state index in [9.17, 15) is 4.79 Å². The van der Waals surface area contributed by atoms with E-state index in [0.29, 0.717) is 17.7 Å². The highest BCUT2D eigenvalue weighted by Crippen LogP contribution is 2.42. The quantitative estimate of drug-likeness (QED) is 0.620. The lowest BCUT2D eigenvalue weighted by atomic mass is 9.81. The van der Waals surface area contributed by atoms with Gasteiger partial charge in [0.05, 0.1) is 11.5 Å². The minimum atomic E-state index is -0.502. The number of rotatable bonds is 3. The molecule has 2 aliphatic heterocycles. The second-order valence-electron chi connectivity index (χ2n) is 8.00. The standard InChI is InChI=1S/C20H29NO3/c1-5-10-21-11-6-7-15-16-12-14(24-19(22)20(2,3)4)8-9-18(16)23-13-17(15)21/h8-9,12,15,17H,5-7,10-11,13H2,1-4H3/t15-,17-/m1/s1. The number of benzene rings is 1. The molecule has 3 rings (SSSR count). The van der Waals surface area contributed by atoms with Crippen LogP contribution in [0.5, 0.6) is 11.5 Å². The summed E-state index contributed by atoms with van der Waals surface area (Å²) in [6.07, 6.45) is 3.56. The zero-order chi connectivity index (χ0) is 17.3. The van der Waals surface area contributed by atoms with Crippen LogP contribution in [0.4, 0.5) is 0 Å². The van der Waals surface area contributed by atoms with Crippen molar-refractivity contribution in [1.29, 1.82) is 0 Å². The third-order valence-electron chi connectivity index (χ3n) is 5.02. The lowest BCUT2D eigenvalue weighted by Gasteiger charge is -2.44. The molecule has 4 nitrogen and oxygen atoms in total. The molecule has 132 valence electrons. The van der Waals surface area contributed by atoms with E-state index in [4.69, 9.17) is 9.47 Å². The van der Waals surface area contributed by atoms with Gasteiger partial charge in [0.2, 0.25) is 0 Å². The Balaban J connectivity index is 1.83. The first-order valence-corrected chi connectivity index (χ1v) is 9.13. The van der Waals surface area contributed by atoms with Gasteiger partial charge in [-0.3, -0.25) is 9.69 Å². The van der Waals surface area contributed by atoms with Crippen molar-refractivity contribution in [2.75, 3.05) is 19.7 Å². The van der Waals surface area contributed by atoms with Crippen molar-refractivity contribution >= 4 is 5.97 Å². The van der Waals surface area contributed by atoms with Crippen molar-refractivity contribution in [2.45, 2.75) is 58.9 Å². The number of ether oxygens (including phenoxy) is 2. The Morgan fingerprint density at radius 3 is 2.88 bits per heavy atom. The van der Waals surface area contributed by atoms with Crippen molar-refractivity contribution < 1.29 is 14.3 Å². The van der Waals surface area contributed by atoms with Crippen molar-refractivity contribution in [3.05, 3.63) is 23.8 Å². The van der Waals surface area contributed by atoms with E-state index in [1.807, 2.05) is 39.0 Å². The summed E-state index contributed by atoms with van der Waals surface area (Å²) in [6, 6.07) is 6.26. The fraction of sp³-hybridized carbons (Fsp3) is 0.650. The topological polar surface area (TPSA) is 38.8 Å². The second kappa shape index (κ2) is 6.75. The molecule has 0 aromatic heterocycles. The van der Waals surface area contributed by atoms with Crippen LogP contribution in [-0.4, -0.2) is 36.6 Å². The molecule has 0 spiro atoms. The van der Waals surface area contributed by atoms with Crippen molar-refractivity contribution in [2.24, 2.45) is 5.41 Å². The van der Waals surface area contributed by atoms with Crippen LogP contribution < -0.4 is 9.47 Å². The number of hydrogen-bond acceptors (Lipinski definition) is 4. The third kappa shape index (κ3) is 3.44. The maximum atomic E-state index is 12.2. The minimum absolute atomic E-state index is 0.202. The summed E-state index contributed by atoms with van der Waals surface area (Å²) >= 11 is 0. The number of piperidine rings is 1. The van der Waals surface area contributed by atoms with Gasteiger partial charge in [0, 0.05) is 11.5 Å². The van der Waals surface area contributed by atoms with Crippen LogP contribution in [0.2, 0.25) is 0 Å². The zero-order valence-corrected chi connectivity index (χ0v) is 15.3. The van der Waals surface area contributed by atoms with Crippen LogP contribution >= 0.6 is 0 Å². The molecule has 24 heavy (non-hydrogen) atoms. The largest absolute Gasteiger partial charge is 0.492 e. The summed E-state index contributed by atoms with van der Waals surface area (Å²) in [7, 11) is 0. The van der Waals surface area contributed by atoms with Crippen LogP contribution in [-0.2, 0) is 4.79 Å². The van der Waals surface area contributed by atoms with Gasteiger partial charge in [-0.15, -0.1) is 0 Å². The fourth-order valence-electron chi connectivity index (χ4n) is 3.72. The fourth-order valence-corrected chi connectivity index (χ4v) is 3.72. The van der Waals surface area contributed by atoms with E-state index in [2.05, 4.69) is 11.8 Å². The smallest absolute Gasteiger partial charge is 0.316 e. The summed E-state index contributed by atoms with van der Waals surface area (Å²) in [5, 5.41) is 0. The van der Waals surface area contributed by atoms with Crippen LogP contribution in [0, 0.1) is 5.41 Å². The van der Waals surface area contributed by atoms with Crippen molar-refractivity contribution in [3.63, 3.8) is 0 Å². The zero-order valence-electron chi connectivity index (χ0n) is 15.3. The Morgan fingerprint density at radius 2 is 2.17 bits per heavy atom. The number of fused-ring (bicyclic) bond motifs is 3. The second-order valence-corrected chi connectivity index (χ2v) is 8.00. The maximum absolute atomic E-state index is 12.2. The third-order valence-corrected chi connectivity index (χ3v) is 5.02. The number of likely N-dealkylation sites (tertiary alicyclic amines) is 1. The molecule has 1 saturated heterocycles. The maximum Gasteiger partial charge on any atom is 0.316 e. The SMILES string of the molecule is CCCN1CCC[C@@H]2c3cc(OC(=O)C(C)(C)C)ccc3OC[C@H]21. The normalized spacial score (nSPS) is 23.8. The number of carbonyl (C=O) groups is 1. The van der Waals surface area contributed by atoms with E-state index in [-0.39, 0.29) is 5.97 Å². The van der Waals surface area contributed by atoms with Gasteiger partial charge >= 0.3 is 5.97 Å². The molecule has 0 unspecified atom stereocenters. The average molecular weight is 331 g/mol. The predicted molar refractivity (Wildman–Crippen MR) is 94.7 cm³/mol. The highest BCUT2D eigenvalue weighted by atomic mass is 16.5. The molecule has 0 radical (unpaired) electrons. The lowest BCUT2D eigenvalue weighted by Crippen LogP contribution is -2.49. The highest BCUT2D eigenvalue weighted by molar-refractivity contribution is 5.78. The first-order valence-electron chi connectivity index (χ1n) is 9.13. The Hall–Kier alpha value is -1.55. The first-order chi connectivity index (χ1) is 11.4. The van der Waals surface area contributed by atoms with Gasteiger partial charge in [-0.2, -0.15) is 0 Å². The summed E-state index contributed by atoms with van der Waals surface area (Å²) in [5.74, 6) is 1.85. The predicted octanol–water partition coefficient (Wildman–Crippen LogP) is 3.99. The van der Waals surface area contributed by atoms with E-state index in [1.54, 1.807) is 0 Å². The molecule has 1 aromatic rings. The van der Waals surface area contributed by atoms with Crippen LogP contribution in [0.3, 0.4) is 0 Å². The number of esters is 1. The van der Waals surface area contributed by atoms with Crippen LogP contribution in [0.25, 0.3) is 0 Å². The molecule has 0 amide bonds. The molecule has 0 aliphatic carbocycles. The Labute approximate surface area is 145 Å². The van der Waals surface area contributed by atoms with Gasteiger partial charge < -0.3 is 9.47 Å². The highest BCUT2D eigenvalue weighted by Gasteiger charge is 2.37. The van der Waals surface area contributed by atoms with E-state index in [0.717, 1.165) is 25.4 Å². The minimum Gasteiger partial charge on any atom is -0.492 e. The van der Waals surface area contributed by atoms with E-state index in [1.165, 1.54) is 24.8 Å². The van der Waals surface area contributed by atoms with Crippen molar-refractivity contribution in [3.8, 4) is 11.5 Å². The summed E-state index contributed by atoms with van der Waals surface area (Å²) < 4.78 is 11.6. The Bertz CT molecular complexity index is 603. The number of carbonyl (C=O) groups excluding carboxylic acids is 1. The Kier molecular flexibility index (Phi) is 4.86. The monoisotopic (exact) mass is 331 g/mol. The molecule has 1 aromatic carbocycles. The van der Waals surface area contributed by atoms with Crippen LogP contribution in [0.1, 0.15) is 58.4 Å². The molecule has 2 heterocycles. The Morgan fingerprint density at radius 1 is 1.38 bits per heavy atom. The molecule has 4 heteroatoms. The van der Waals surface area contributed by atoms with Gasteiger partial charge in [0.15, 0.2) is 0 Å². The molecule has 2 atom stereocenters. The van der Waals surface area contributed by atoms with Crippen molar-refractivity contribution in [1.82, 2.24) is 4.90 Å². The number of nitrogens with zero attached hydrogens (tertiary/aromatic N) is 1. The van der Waals surface area contributed by atoms with Gasteiger partial charge in [-0.1, -0.05) is 6.92 Å². The summed E-state index contributed by atoms with van der Waals surface area (Å²) in [6.45, 7) is 10.9. The van der Waals surface area contributed by atoms with Gasteiger partial charge in [0.25, 0.3) is 0 Å². The molecule has 0 bridgehead atoms. The average Bonchev–Trinajstić information content (AvgIpc) is 2.54. The van der Waals surface area contributed by atoms with Gasteiger partial charge in [0.1, 0.15) is 18.1 Å². The molecule has 2 aliphatic rings. The molecular weight excluding hydrogens is 302 g/mol. The number of hydrogen-bond donors (Lipinski definition) is 0. The molecular formula is C20H29NO3. The summed E-state index contributed by atoms with van der Waals surface area (Å²) in [5.41, 5.74) is 0.698. The van der Waals surface area contributed by atoms with Gasteiger partial charge in [-0.05, 0) is 71.3 Å². The molecule has 0 N–H and O–H groups in total. The molecule has 1 fully saturated rings. The molecule has 0 saturated carbocycles. The van der Waals surface area contributed by atoms with E-state index >= 15 is 0 Å². The van der Waals surface area contributed by atoms with E-state index < -0.39 is 5.41 Å². The lowest BCUT2D eigenvalue weighted by molar-refractivity contribution is -0.143. The first kappa shape index (κ1) is 17.3.